The highest BCUT2D eigenvalue weighted by molar-refractivity contribution is 5.66. The second-order valence-electron chi connectivity index (χ2n) is 3.12. The SMILES string of the molecule is Cn1nccc1CNCCCC(=O)O. The molecule has 1 rings (SSSR count). The van der Waals surface area contributed by atoms with Gasteiger partial charge in [-0.3, -0.25) is 9.48 Å². The Kier molecular flexibility index (Phi) is 4.12. The molecule has 0 bridgehead atoms. The number of aryl methyl sites for hydroxylation is 1. The Labute approximate surface area is 82.7 Å². The molecule has 1 aromatic heterocycles. The minimum Gasteiger partial charge on any atom is -0.481 e. The van der Waals surface area contributed by atoms with Crippen molar-refractivity contribution in [1.82, 2.24) is 15.1 Å². The van der Waals surface area contributed by atoms with Gasteiger partial charge in [-0.15, -0.1) is 0 Å². The van der Waals surface area contributed by atoms with Crippen LogP contribution in [-0.2, 0) is 18.4 Å². The van der Waals surface area contributed by atoms with E-state index in [1.165, 1.54) is 0 Å². The highest BCUT2D eigenvalue weighted by Crippen LogP contribution is 1.95. The molecule has 0 atom stereocenters. The van der Waals surface area contributed by atoms with Crippen LogP contribution >= 0.6 is 0 Å². The van der Waals surface area contributed by atoms with Crippen LogP contribution in [0.3, 0.4) is 0 Å². The van der Waals surface area contributed by atoms with Gasteiger partial charge in [-0.2, -0.15) is 5.10 Å². The van der Waals surface area contributed by atoms with Crippen LogP contribution in [0, 0.1) is 0 Å². The first kappa shape index (κ1) is 10.7. The van der Waals surface area contributed by atoms with E-state index in [4.69, 9.17) is 5.11 Å². The van der Waals surface area contributed by atoms with Gasteiger partial charge >= 0.3 is 5.97 Å². The molecular weight excluding hydrogens is 182 g/mol. The van der Waals surface area contributed by atoms with E-state index in [0.717, 1.165) is 18.8 Å². The van der Waals surface area contributed by atoms with Crippen molar-refractivity contribution in [3.8, 4) is 0 Å². The monoisotopic (exact) mass is 197 g/mol. The summed E-state index contributed by atoms with van der Waals surface area (Å²) in [5.74, 6) is -0.743. The number of carboxylic acids is 1. The third kappa shape index (κ3) is 3.57. The highest BCUT2D eigenvalue weighted by atomic mass is 16.4. The molecule has 0 aliphatic heterocycles. The molecular formula is C9H15N3O2. The van der Waals surface area contributed by atoms with E-state index in [9.17, 15) is 4.79 Å². The molecule has 0 radical (unpaired) electrons. The molecule has 0 aliphatic rings. The lowest BCUT2D eigenvalue weighted by molar-refractivity contribution is -0.137. The number of carbonyl (C=O) groups is 1. The van der Waals surface area contributed by atoms with E-state index in [-0.39, 0.29) is 6.42 Å². The molecule has 0 saturated heterocycles. The maximum absolute atomic E-state index is 10.2. The maximum Gasteiger partial charge on any atom is 0.303 e. The predicted molar refractivity (Wildman–Crippen MR) is 51.8 cm³/mol. The second-order valence-corrected chi connectivity index (χ2v) is 3.12. The number of hydrogen-bond donors (Lipinski definition) is 2. The van der Waals surface area contributed by atoms with Gasteiger partial charge in [0.2, 0.25) is 0 Å². The first-order chi connectivity index (χ1) is 6.70. The molecule has 5 heteroatoms. The van der Waals surface area contributed by atoms with Crippen LogP contribution in [0.1, 0.15) is 18.5 Å². The predicted octanol–water partition coefficient (Wildman–Crippen LogP) is 0.374. The van der Waals surface area contributed by atoms with Gasteiger partial charge in [0, 0.05) is 26.2 Å². The van der Waals surface area contributed by atoms with Gasteiger partial charge in [-0.25, -0.2) is 0 Å². The van der Waals surface area contributed by atoms with Crippen LogP contribution in [0.15, 0.2) is 12.3 Å². The van der Waals surface area contributed by atoms with Crippen LogP contribution in [-0.4, -0.2) is 27.4 Å². The molecule has 2 N–H and O–H groups in total. The van der Waals surface area contributed by atoms with Crippen LogP contribution in [0.2, 0.25) is 0 Å². The van der Waals surface area contributed by atoms with Crippen LogP contribution in [0.4, 0.5) is 0 Å². The summed E-state index contributed by atoms with van der Waals surface area (Å²) in [7, 11) is 1.88. The molecule has 5 nitrogen and oxygen atoms in total. The fraction of sp³-hybridized carbons (Fsp3) is 0.556. The normalized spacial score (nSPS) is 10.4. The zero-order valence-corrected chi connectivity index (χ0v) is 8.23. The summed E-state index contributed by atoms with van der Waals surface area (Å²) in [5, 5.41) is 15.6. The van der Waals surface area contributed by atoms with Crippen molar-refractivity contribution in [2.24, 2.45) is 7.05 Å². The number of aliphatic carboxylic acids is 1. The number of aromatic nitrogens is 2. The van der Waals surface area contributed by atoms with Crippen molar-refractivity contribution in [2.75, 3.05) is 6.54 Å². The van der Waals surface area contributed by atoms with E-state index >= 15 is 0 Å². The molecule has 78 valence electrons. The molecule has 0 saturated carbocycles. The molecule has 0 aliphatic carbocycles. The Hall–Kier alpha value is -1.36. The fourth-order valence-electron chi connectivity index (χ4n) is 1.16. The first-order valence-electron chi connectivity index (χ1n) is 4.59. The van der Waals surface area contributed by atoms with Crippen LogP contribution < -0.4 is 5.32 Å². The molecule has 0 spiro atoms. The van der Waals surface area contributed by atoms with Crippen molar-refractivity contribution in [2.45, 2.75) is 19.4 Å². The van der Waals surface area contributed by atoms with Gasteiger partial charge in [0.15, 0.2) is 0 Å². The summed E-state index contributed by atoms with van der Waals surface area (Å²) < 4.78 is 1.80. The number of nitrogens with zero attached hydrogens (tertiary/aromatic N) is 2. The van der Waals surface area contributed by atoms with Crippen molar-refractivity contribution < 1.29 is 9.90 Å². The Balaban J connectivity index is 2.10. The summed E-state index contributed by atoms with van der Waals surface area (Å²) in [6.45, 7) is 1.45. The number of nitrogens with one attached hydrogen (secondary N) is 1. The molecule has 1 heterocycles. The number of carboxylic acid groups (broad SMARTS) is 1. The average molecular weight is 197 g/mol. The number of rotatable bonds is 6. The van der Waals surface area contributed by atoms with E-state index < -0.39 is 5.97 Å². The lowest BCUT2D eigenvalue weighted by Crippen LogP contribution is -2.17. The highest BCUT2D eigenvalue weighted by Gasteiger charge is 1.98. The van der Waals surface area contributed by atoms with Gasteiger partial charge < -0.3 is 10.4 Å². The summed E-state index contributed by atoms with van der Waals surface area (Å²) >= 11 is 0. The largest absolute Gasteiger partial charge is 0.481 e. The first-order valence-corrected chi connectivity index (χ1v) is 4.59. The fourth-order valence-corrected chi connectivity index (χ4v) is 1.16. The van der Waals surface area contributed by atoms with E-state index in [1.807, 2.05) is 13.1 Å². The summed E-state index contributed by atoms with van der Waals surface area (Å²) in [6, 6.07) is 1.93. The lowest BCUT2D eigenvalue weighted by atomic mass is 10.3. The van der Waals surface area contributed by atoms with Crippen LogP contribution in [0.5, 0.6) is 0 Å². The quantitative estimate of drug-likeness (QED) is 0.647. The number of hydrogen-bond acceptors (Lipinski definition) is 3. The van der Waals surface area contributed by atoms with Gasteiger partial charge in [0.1, 0.15) is 0 Å². The minimum absolute atomic E-state index is 0.221. The Bertz CT molecular complexity index is 296. The maximum atomic E-state index is 10.2. The Morgan fingerprint density at radius 1 is 1.71 bits per heavy atom. The van der Waals surface area contributed by atoms with E-state index in [0.29, 0.717) is 6.42 Å². The third-order valence-electron chi connectivity index (χ3n) is 1.97. The summed E-state index contributed by atoms with van der Waals surface area (Å²) in [6.07, 6.45) is 2.62. The van der Waals surface area contributed by atoms with E-state index in [2.05, 4.69) is 10.4 Å². The molecule has 0 unspecified atom stereocenters. The van der Waals surface area contributed by atoms with Crippen molar-refractivity contribution in [1.29, 1.82) is 0 Å². The topological polar surface area (TPSA) is 67.2 Å². The third-order valence-corrected chi connectivity index (χ3v) is 1.97. The summed E-state index contributed by atoms with van der Waals surface area (Å²) in [4.78, 5) is 10.2. The Morgan fingerprint density at radius 3 is 3.07 bits per heavy atom. The molecule has 0 amide bonds. The molecule has 0 fully saturated rings. The van der Waals surface area contributed by atoms with Crippen molar-refractivity contribution >= 4 is 5.97 Å². The zero-order valence-electron chi connectivity index (χ0n) is 8.23. The standard InChI is InChI=1S/C9H15N3O2/c1-12-8(4-6-11-12)7-10-5-2-3-9(13)14/h4,6,10H,2-3,5,7H2,1H3,(H,13,14). The van der Waals surface area contributed by atoms with Gasteiger partial charge in [0.05, 0.1) is 5.69 Å². The molecule has 0 aromatic carbocycles. The lowest BCUT2D eigenvalue weighted by Gasteiger charge is -2.03. The molecule has 1 aromatic rings. The Morgan fingerprint density at radius 2 is 2.50 bits per heavy atom. The van der Waals surface area contributed by atoms with Crippen molar-refractivity contribution in [3.63, 3.8) is 0 Å². The summed E-state index contributed by atoms with van der Waals surface area (Å²) in [5.41, 5.74) is 1.10. The van der Waals surface area contributed by atoms with Crippen molar-refractivity contribution in [3.05, 3.63) is 18.0 Å². The van der Waals surface area contributed by atoms with E-state index in [1.54, 1.807) is 10.9 Å². The second kappa shape index (κ2) is 5.39. The van der Waals surface area contributed by atoms with Gasteiger partial charge in [-0.05, 0) is 19.0 Å². The minimum atomic E-state index is -0.743. The molecule has 14 heavy (non-hydrogen) atoms. The van der Waals surface area contributed by atoms with Gasteiger partial charge in [0.25, 0.3) is 0 Å². The van der Waals surface area contributed by atoms with Gasteiger partial charge in [-0.1, -0.05) is 0 Å². The van der Waals surface area contributed by atoms with Crippen LogP contribution in [0.25, 0.3) is 0 Å². The smallest absolute Gasteiger partial charge is 0.303 e. The zero-order chi connectivity index (χ0) is 10.4. The average Bonchev–Trinajstić information content (AvgIpc) is 2.51.